The van der Waals surface area contributed by atoms with Gasteiger partial charge in [0, 0.05) is 5.75 Å². The molecular weight excluding hydrogens is 462 g/mol. The number of rotatable bonds is 7. The maximum absolute atomic E-state index is 12.9. The zero-order valence-electron chi connectivity index (χ0n) is 19.9. The molecule has 0 bridgehead atoms. The number of thioether (sulfide) groups is 1. The quantitative estimate of drug-likeness (QED) is 0.321. The third kappa shape index (κ3) is 5.72. The first-order valence-electron chi connectivity index (χ1n) is 10.9. The minimum absolute atomic E-state index is 0.0625. The topological polar surface area (TPSA) is 108 Å². The van der Waals surface area contributed by atoms with Gasteiger partial charge < -0.3 is 18.9 Å². The van der Waals surface area contributed by atoms with Crippen molar-refractivity contribution in [1.29, 1.82) is 0 Å². The molecule has 3 atom stereocenters. The number of hydrogen-bond acceptors (Lipinski definition) is 9. The average Bonchev–Trinajstić information content (AvgIpc) is 2.77. The van der Waals surface area contributed by atoms with Gasteiger partial charge in [-0.1, -0.05) is 30.3 Å². The second-order valence-electron chi connectivity index (χ2n) is 9.14. The zero-order valence-corrected chi connectivity index (χ0v) is 20.7. The van der Waals surface area contributed by atoms with Crippen LogP contribution in [0, 0.1) is 11.3 Å². The highest BCUT2D eigenvalue weighted by atomic mass is 32.2. The fourth-order valence-corrected chi connectivity index (χ4v) is 4.95. The summed E-state index contributed by atoms with van der Waals surface area (Å²) < 4.78 is 20.6. The summed E-state index contributed by atoms with van der Waals surface area (Å²) in [5.74, 6) is -1.72. The van der Waals surface area contributed by atoms with E-state index >= 15 is 0 Å². The molecule has 3 rings (SSSR count). The van der Waals surface area contributed by atoms with Gasteiger partial charge in [0.2, 0.25) is 12.7 Å². The number of β-lactam (4-membered cyclic amide) rings is 1. The van der Waals surface area contributed by atoms with E-state index in [9.17, 15) is 19.2 Å². The van der Waals surface area contributed by atoms with Gasteiger partial charge in [0.1, 0.15) is 24.3 Å². The van der Waals surface area contributed by atoms with Gasteiger partial charge in [-0.2, -0.15) is 0 Å². The summed E-state index contributed by atoms with van der Waals surface area (Å²) in [5.41, 5.74) is 0.900. The molecule has 1 unspecified atom stereocenters. The van der Waals surface area contributed by atoms with Crippen LogP contribution in [0.4, 0.5) is 4.79 Å². The number of ether oxygens (including phenoxy) is 4. The summed E-state index contributed by atoms with van der Waals surface area (Å²) in [4.78, 5) is 50.9. The van der Waals surface area contributed by atoms with E-state index < -0.39 is 42.3 Å². The summed E-state index contributed by atoms with van der Waals surface area (Å²) in [7, 11) is 0. The van der Waals surface area contributed by atoms with Gasteiger partial charge in [0.05, 0.1) is 10.8 Å². The summed E-state index contributed by atoms with van der Waals surface area (Å²) in [6, 6.07) is 9.17. The molecule has 0 aromatic heterocycles. The molecule has 1 aromatic carbocycles. The molecule has 2 aliphatic heterocycles. The van der Waals surface area contributed by atoms with Crippen LogP contribution in [0.15, 0.2) is 41.6 Å². The van der Waals surface area contributed by atoms with Crippen molar-refractivity contribution in [3.63, 3.8) is 0 Å². The Morgan fingerprint density at radius 3 is 2.44 bits per heavy atom. The van der Waals surface area contributed by atoms with Crippen molar-refractivity contribution in [2.75, 3.05) is 12.5 Å². The maximum Gasteiger partial charge on any atom is 0.508 e. The second-order valence-corrected chi connectivity index (χ2v) is 10.2. The molecule has 1 saturated heterocycles. The molecule has 1 amide bonds. The number of hydrogen-bond donors (Lipinski definition) is 0. The molecule has 0 N–H and O–H groups in total. The molecule has 0 spiro atoms. The van der Waals surface area contributed by atoms with E-state index in [2.05, 4.69) is 0 Å². The van der Waals surface area contributed by atoms with Gasteiger partial charge in [-0.3, -0.25) is 14.5 Å². The number of carbonyl (C=O) groups excluding carboxylic acids is 4. The van der Waals surface area contributed by atoms with E-state index in [0.29, 0.717) is 11.3 Å². The van der Waals surface area contributed by atoms with Crippen LogP contribution < -0.4 is 0 Å². The van der Waals surface area contributed by atoms with Gasteiger partial charge in [0.15, 0.2) is 0 Å². The smallest absolute Gasteiger partial charge is 0.430 e. The normalized spacial score (nSPS) is 20.6. The van der Waals surface area contributed by atoms with Gasteiger partial charge in [-0.05, 0) is 45.8 Å². The predicted molar refractivity (Wildman–Crippen MR) is 123 cm³/mol. The van der Waals surface area contributed by atoms with Crippen LogP contribution in [-0.4, -0.2) is 52.9 Å². The van der Waals surface area contributed by atoms with E-state index in [0.717, 1.165) is 5.56 Å². The standard InChI is InChI=1S/C24H29NO8S/c1-14-12-34-20-17(15(2)33-23(29)30-11-16-9-7-6-8-10-16)19(26)25(20)18(14)21(27)31-13-32-22(28)24(3,4)5/h6-10,15,17,20H,11-13H2,1-5H3/t15?,17-,20+/m0/s1. The lowest BCUT2D eigenvalue weighted by atomic mass is 9.91. The van der Waals surface area contributed by atoms with Gasteiger partial charge in [0.25, 0.3) is 0 Å². The first-order chi connectivity index (χ1) is 16.0. The van der Waals surface area contributed by atoms with Crippen molar-refractivity contribution in [1.82, 2.24) is 4.90 Å². The van der Waals surface area contributed by atoms with Gasteiger partial charge >= 0.3 is 18.1 Å². The lowest BCUT2D eigenvalue weighted by molar-refractivity contribution is -0.175. The third-order valence-corrected chi connectivity index (χ3v) is 6.82. The first kappa shape index (κ1) is 25.6. The zero-order chi connectivity index (χ0) is 25.0. The van der Waals surface area contributed by atoms with E-state index in [1.54, 1.807) is 34.6 Å². The number of nitrogens with zero attached hydrogens (tertiary/aromatic N) is 1. The van der Waals surface area contributed by atoms with Crippen molar-refractivity contribution >= 4 is 35.8 Å². The molecule has 9 nitrogen and oxygen atoms in total. The lowest BCUT2D eigenvalue weighted by Crippen LogP contribution is -2.64. The minimum atomic E-state index is -0.865. The number of esters is 2. The number of benzene rings is 1. The Balaban J connectivity index is 1.55. The fraction of sp³-hybridized carbons (Fsp3) is 0.500. The average molecular weight is 492 g/mol. The monoisotopic (exact) mass is 491 g/mol. The number of fused-ring (bicyclic) bond motifs is 1. The Kier molecular flexibility index (Phi) is 7.91. The minimum Gasteiger partial charge on any atom is -0.430 e. The van der Waals surface area contributed by atoms with Crippen molar-refractivity contribution in [2.24, 2.45) is 11.3 Å². The van der Waals surface area contributed by atoms with Crippen LogP contribution >= 0.6 is 11.8 Å². The molecule has 1 aromatic rings. The largest absolute Gasteiger partial charge is 0.508 e. The summed E-state index contributed by atoms with van der Waals surface area (Å²) in [6.45, 7) is 7.95. The van der Waals surface area contributed by atoms with E-state index in [4.69, 9.17) is 18.9 Å². The molecule has 0 radical (unpaired) electrons. The Morgan fingerprint density at radius 2 is 1.79 bits per heavy atom. The molecule has 1 fully saturated rings. The SMILES string of the molecule is CC1=C(C(=O)OCOC(=O)C(C)(C)C)N2C(=O)[C@H](C(C)OC(=O)OCc3ccccc3)[C@H]2SC1. The summed E-state index contributed by atoms with van der Waals surface area (Å²) in [6.07, 6.45) is -1.61. The summed E-state index contributed by atoms with van der Waals surface area (Å²) >= 11 is 1.47. The molecule has 2 aliphatic rings. The third-order valence-electron chi connectivity index (χ3n) is 5.37. The molecule has 10 heteroatoms. The van der Waals surface area contributed by atoms with Crippen LogP contribution in [0.5, 0.6) is 0 Å². The Morgan fingerprint density at radius 1 is 1.12 bits per heavy atom. The predicted octanol–water partition coefficient (Wildman–Crippen LogP) is 3.62. The second kappa shape index (κ2) is 10.5. The van der Waals surface area contributed by atoms with Gasteiger partial charge in [-0.25, -0.2) is 9.59 Å². The Labute approximate surface area is 202 Å². The highest BCUT2D eigenvalue weighted by molar-refractivity contribution is 8.00. The molecule has 0 aliphatic carbocycles. The highest BCUT2D eigenvalue weighted by Crippen LogP contribution is 2.45. The number of carbonyl (C=O) groups is 4. The Hall–Kier alpha value is -3.01. The van der Waals surface area contributed by atoms with Crippen molar-refractivity contribution < 1.29 is 38.1 Å². The fourth-order valence-electron chi connectivity index (χ4n) is 3.49. The Bertz CT molecular complexity index is 984. The van der Waals surface area contributed by atoms with E-state index in [-0.39, 0.29) is 23.6 Å². The first-order valence-corrected chi connectivity index (χ1v) is 11.9. The van der Waals surface area contributed by atoms with Crippen molar-refractivity contribution in [3.05, 3.63) is 47.2 Å². The van der Waals surface area contributed by atoms with Crippen LogP contribution in [0.2, 0.25) is 0 Å². The lowest BCUT2D eigenvalue weighted by Gasteiger charge is -2.50. The summed E-state index contributed by atoms with van der Waals surface area (Å²) in [5, 5.41) is -0.382. The van der Waals surface area contributed by atoms with Crippen molar-refractivity contribution in [2.45, 2.75) is 52.7 Å². The molecule has 0 saturated carbocycles. The van der Waals surface area contributed by atoms with E-state index in [1.807, 2.05) is 30.3 Å². The maximum atomic E-state index is 12.9. The van der Waals surface area contributed by atoms with Crippen LogP contribution in [0.25, 0.3) is 0 Å². The van der Waals surface area contributed by atoms with Crippen LogP contribution in [0.1, 0.15) is 40.2 Å². The molecular formula is C24H29NO8S. The van der Waals surface area contributed by atoms with Crippen LogP contribution in [0.3, 0.4) is 0 Å². The molecule has 184 valence electrons. The highest BCUT2D eigenvalue weighted by Gasteiger charge is 2.56. The van der Waals surface area contributed by atoms with Crippen LogP contribution in [-0.2, 0) is 39.9 Å². The van der Waals surface area contributed by atoms with E-state index in [1.165, 1.54) is 16.7 Å². The van der Waals surface area contributed by atoms with Crippen molar-refractivity contribution in [3.8, 4) is 0 Å². The molecule has 2 heterocycles. The van der Waals surface area contributed by atoms with Gasteiger partial charge in [-0.15, -0.1) is 11.8 Å². The number of amides is 1. The molecule has 34 heavy (non-hydrogen) atoms.